The molecular weight excluding hydrogens is 378 g/mol. The molecule has 1 aliphatic rings. The van der Waals surface area contributed by atoms with Crippen molar-refractivity contribution in [2.24, 2.45) is 11.8 Å². The van der Waals surface area contributed by atoms with E-state index in [1.807, 2.05) is 18.7 Å². The van der Waals surface area contributed by atoms with Crippen molar-refractivity contribution < 1.29 is 29.1 Å². The summed E-state index contributed by atoms with van der Waals surface area (Å²) < 4.78 is 13.1. The average molecular weight is 408 g/mol. The van der Waals surface area contributed by atoms with Gasteiger partial charge in [-0.3, -0.25) is 9.59 Å². The van der Waals surface area contributed by atoms with Crippen LogP contribution in [-0.4, -0.2) is 58.6 Å². The van der Waals surface area contributed by atoms with E-state index in [4.69, 9.17) is 0 Å². The number of rotatable bonds is 10. The van der Waals surface area contributed by atoms with E-state index < -0.39 is 37.0 Å². The fourth-order valence-corrected chi connectivity index (χ4v) is 3.55. The molecule has 4 atom stereocenters. The molecule has 7 nitrogen and oxygen atoms in total. The number of nitrogens with one attached hydrogen (secondary N) is 1. The van der Waals surface area contributed by atoms with Gasteiger partial charge in [0.05, 0.1) is 24.0 Å². The van der Waals surface area contributed by atoms with Crippen LogP contribution < -0.4 is 10.2 Å². The monoisotopic (exact) mass is 408 g/mol. The molecule has 1 saturated heterocycles. The van der Waals surface area contributed by atoms with Gasteiger partial charge in [-0.1, -0.05) is 13.8 Å². The highest BCUT2D eigenvalue weighted by Gasteiger charge is 2.38. The third-order valence-corrected chi connectivity index (χ3v) is 5.30. The topological polar surface area (TPSA) is 110 Å². The van der Waals surface area contributed by atoms with Crippen molar-refractivity contribution in [3.63, 3.8) is 0 Å². The standard InChI is InChI=1S/C20H30BFN2O5/c1-12(2)10-19(21(28)29)23-20(27)16(13(3)25)11-18(26)17-8-9-24(17)15-6-4-14(22)5-7-15/h4-7,12-13,16-17,19,25,28-29H,8-11H2,1-3H3,(H,23,27). The zero-order valence-corrected chi connectivity index (χ0v) is 17.1. The molecular formula is C20H30BFN2O5. The molecule has 29 heavy (non-hydrogen) atoms. The van der Waals surface area contributed by atoms with Crippen LogP contribution in [0.25, 0.3) is 0 Å². The number of benzene rings is 1. The molecule has 4 N–H and O–H groups in total. The number of anilines is 1. The maximum atomic E-state index is 13.1. The lowest BCUT2D eigenvalue weighted by Gasteiger charge is -2.42. The first kappa shape index (κ1) is 23.3. The number of hydrogen-bond acceptors (Lipinski definition) is 6. The Balaban J connectivity index is 2.02. The molecule has 160 valence electrons. The summed E-state index contributed by atoms with van der Waals surface area (Å²) >= 11 is 0. The molecule has 9 heteroatoms. The number of Topliss-reactive ketones (excluding diaryl/α,β-unsaturated/α-hetero) is 1. The van der Waals surface area contributed by atoms with Crippen LogP contribution in [-0.2, 0) is 9.59 Å². The number of halogens is 1. The summed E-state index contributed by atoms with van der Waals surface area (Å²) in [5.41, 5.74) is 0.731. The van der Waals surface area contributed by atoms with Crippen molar-refractivity contribution in [3.8, 4) is 0 Å². The highest BCUT2D eigenvalue weighted by molar-refractivity contribution is 6.43. The first-order valence-corrected chi connectivity index (χ1v) is 9.99. The number of carbonyl (C=O) groups excluding carboxylic acids is 2. The highest BCUT2D eigenvalue weighted by atomic mass is 19.1. The van der Waals surface area contributed by atoms with Gasteiger partial charge in [0, 0.05) is 18.7 Å². The fraction of sp³-hybridized carbons (Fsp3) is 0.600. The van der Waals surface area contributed by atoms with Crippen LogP contribution in [0.3, 0.4) is 0 Å². The van der Waals surface area contributed by atoms with E-state index in [-0.39, 0.29) is 23.9 Å². The van der Waals surface area contributed by atoms with Crippen molar-refractivity contribution in [2.45, 2.75) is 58.1 Å². The van der Waals surface area contributed by atoms with Crippen molar-refractivity contribution in [1.82, 2.24) is 5.32 Å². The normalized spacial score (nSPS) is 19.3. The van der Waals surface area contributed by atoms with E-state index in [1.165, 1.54) is 19.1 Å². The summed E-state index contributed by atoms with van der Waals surface area (Å²) in [6.07, 6.45) is -0.267. The van der Waals surface area contributed by atoms with Gasteiger partial charge >= 0.3 is 7.12 Å². The van der Waals surface area contributed by atoms with Crippen LogP contribution in [0.2, 0.25) is 0 Å². The van der Waals surface area contributed by atoms with Crippen molar-refractivity contribution in [2.75, 3.05) is 11.4 Å². The second kappa shape index (κ2) is 10.2. The molecule has 1 aromatic rings. The lowest BCUT2D eigenvalue weighted by molar-refractivity contribution is -0.134. The molecule has 1 fully saturated rings. The number of hydrogen-bond donors (Lipinski definition) is 4. The SMILES string of the molecule is CC(C)CC(NC(=O)C(CC(=O)C1CCN1c1ccc(F)cc1)C(C)O)B(O)O. The summed E-state index contributed by atoms with van der Waals surface area (Å²) in [5, 5.41) is 31.6. The Morgan fingerprint density at radius 2 is 1.86 bits per heavy atom. The minimum atomic E-state index is -1.73. The Morgan fingerprint density at radius 3 is 2.31 bits per heavy atom. The minimum absolute atomic E-state index is 0.118. The van der Waals surface area contributed by atoms with Crippen LogP contribution in [0.5, 0.6) is 0 Å². The van der Waals surface area contributed by atoms with Gasteiger partial charge in [-0.2, -0.15) is 0 Å². The second-order valence-corrected chi connectivity index (χ2v) is 8.15. The minimum Gasteiger partial charge on any atom is -0.426 e. The largest absolute Gasteiger partial charge is 0.475 e. The average Bonchev–Trinajstić information content (AvgIpc) is 2.59. The van der Waals surface area contributed by atoms with Crippen LogP contribution in [0.1, 0.15) is 40.0 Å². The molecule has 1 amide bonds. The zero-order chi connectivity index (χ0) is 21.7. The van der Waals surface area contributed by atoms with E-state index in [1.54, 1.807) is 12.1 Å². The number of ketones is 1. The van der Waals surface area contributed by atoms with Gasteiger partial charge in [0.1, 0.15) is 5.82 Å². The molecule has 0 aromatic heterocycles. The fourth-order valence-electron chi connectivity index (χ4n) is 3.55. The molecule has 0 bridgehead atoms. The predicted octanol–water partition coefficient (Wildman–Crippen LogP) is 0.903. The maximum absolute atomic E-state index is 13.1. The molecule has 1 aromatic carbocycles. The van der Waals surface area contributed by atoms with Crippen molar-refractivity contribution in [3.05, 3.63) is 30.1 Å². The van der Waals surface area contributed by atoms with Gasteiger partial charge in [-0.05, 0) is 49.9 Å². The van der Waals surface area contributed by atoms with Gasteiger partial charge < -0.3 is 25.4 Å². The Kier molecular flexibility index (Phi) is 8.18. The Bertz CT molecular complexity index is 699. The van der Waals surface area contributed by atoms with E-state index in [0.29, 0.717) is 19.4 Å². The lowest BCUT2D eigenvalue weighted by Crippen LogP contribution is -2.55. The van der Waals surface area contributed by atoms with Crippen molar-refractivity contribution >= 4 is 24.5 Å². The molecule has 1 heterocycles. The zero-order valence-electron chi connectivity index (χ0n) is 17.1. The van der Waals surface area contributed by atoms with Crippen molar-refractivity contribution in [1.29, 1.82) is 0 Å². The number of amides is 1. The first-order valence-electron chi connectivity index (χ1n) is 9.99. The lowest BCUT2D eigenvalue weighted by atomic mass is 9.74. The Labute approximate surface area is 171 Å². The third kappa shape index (κ3) is 6.26. The molecule has 1 aliphatic heterocycles. The van der Waals surface area contributed by atoms with Gasteiger partial charge in [0.25, 0.3) is 0 Å². The summed E-state index contributed by atoms with van der Waals surface area (Å²) in [5.74, 6) is -2.88. The van der Waals surface area contributed by atoms with E-state index >= 15 is 0 Å². The molecule has 2 rings (SSSR count). The van der Waals surface area contributed by atoms with E-state index in [0.717, 1.165) is 5.69 Å². The van der Waals surface area contributed by atoms with Gasteiger partial charge in [0.15, 0.2) is 5.78 Å². The summed E-state index contributed by atoms with van der Waals surface area (Å²) in [6, 6.07) is 5.44. The van der Waals surface area contributed by atoms with Gasteiger partial charge in [-0.15, -0.1) is 0 Å². The smallest absolute Gasteiger partial charge is 0.426 e. The quantitative estimate of drug-likeness (QED) is 0.429. The third-order valence-electron chi connectivity index (χ3n) is 5.30. The Morgan fingerprint density at radius 1 is 1.24 bits per heavy atom. The van der Waals surface area contributed by atoms with Gasteiger partial charge in [-0.25, -0.2) is 4.39 Å². The molecule has 4 unspecified atom stereocenters. The summed E-state index contributed by atoms with van der Waals surface area (Å²) in [7, 11) is -1.73. The predicted molar refractivity (Wildman–Crippen MR) is 109 cm³/mol. The van der Waals surface area contributed by atoms with Crippen LogP contribution in [0.4, 0.5) is 10.1 Å². The van der Waals surface area contributed by atoms with Gasteiger partial charge in [0.2, 0.25) is 5.91 Å². The maximum Gasteiger partial charge on any atom is 0.475 e. The van der Waals surface area contributed by atoms with Crippen LogP contribution in [0, 0.1) is 17.7 Å². The van der Waals surface area contributed by atoms with E-state index in [9.17, 15) is 29.1 Å². The number of nitrogens with zero attached hydrogens (tertiary/aromatic N) is 1. The Hall–Kier alpha value is -1.97. The first-order chi connectivity index (χ1) is 13.6. The summed E-state index contributed by atoms with van der Waals surface area (Å²) in [4.78, 5) is 27.3. The number of carbonyl (C=O) groups is 2. The molecule has 0 aliphatic carbocycles. The molecule has 0 radical (unpaired) electrons. The van der Waals surface area contributed by atoms with Crippen LogP contribution >= 0.6 is 0 Å². The van der Waals surface area contributed by atoms with E-state index in [2.05, 4.69) is 5.32 Å². The second-order valence-electron chi connectivity index (χ2n) is 8.15. The molecule has 0 saturated carbocycles. The highest BCUT2D eigenvalue weighted by Crippen LogP contribution is 2.29. The molecule has 0 spiro atoms. The number of aliphatic hydroxyl groups is 1. The summed E-state index contributed by atoms with van der Waals surface area (Å²) in [6.45, 7) is 5.86. The number of aliphatic hydroxyl groups excluding tert-OH is 1. The van der Waals surface area contributed by atoms with Crippen LogP contribution in [0.15, 0.2) is 24.3 Å².